The Morgan fingerprint density at radius 1 is 1.27 bits per heavy atom. The summed E-state index contributed by atoms with van der Waals surface area (Å²) in [5, 5.41) is 0. The summed E-state index contributed by atoms with van der Waals surface area (Å²) >= 11 is 0. The summed E-state index contributed by atoms with van der Waals surface area (Å²) in [6, 6.07) is 6.66. The quantitative estimate of drug-likeness (QED) is 0.774. The van der Waals surface area contributed by atoms with Gasteiger partial charge in [0, 0.05) is 13.1 Å². The highest BCUT2D eigenvalue weighted by Crippen LogP contribution is 2.28. The molecule has 1 aliphatic carbocycles. The number of benzene rings is 1. The van der Waals surface area contributed by atoms with Gasteiger partial charge in [0.05, 0.1) is 0 Å². The largest absolute Gasteiger partial charge is 0.444 e. The average molecular weight is 297 g/mol. The van der Waals surface area contributed by atoms with Gasteiger partial charge in [-0.2, -0.15) is 0 Å². The molecule has 1 amide bonds. The van der Waals surface area contributed by atoms with Gasteiger partial charge in [0.15, 0.2) is 0 Å². The first kappa shape index (κ1) is 14.9. The van der Waals surface area contributed by atoms with Crippen LogP contribution in [0.3, 0.4) is 0 Å². The number of rotatable bonds is 1. The number of carbonyl (C=O) groups excluding carboxylic acids is 1. The van der Waals surface area contributed by atoms with Gasteiger partial charge in [0.25, 0.3) is 0 Å². The summed E-state index contributed by atoms with van der Waals surface area (Å²) in [6.07, 6.45) is 8.22. The average Bonchev–Trinajstić information content (AvgIpc) is 2.93. The van der Waals surface area contributed by atoms with Crippen LogP contribution in [0.1, 0.15) is 43.9 Å². The topological polar surface area (TPSA) is 29.5 Å². The minimum atomic E-state index is -0.436. The minimum Gasteiger partial charge on any atom is -0.444 e. The lowest BCUT2D eigenvalue weighted by Gasteiger charge is -2.29. The molecule has 0 saturated carbocycles. The number of hydrogen-bond donors (Lipinski definition) is 0. The van der Waals surface area contributed by atoms with E-state index >= 15 is 0 Å². The Hall–Kier alpha value is -2.03. The fraction of sp³-hybridized carbons (Fsp3) is 0.421. The van der Waals surface area contributed by atoms with Crippen molar-refractivity contribution in [3.8, 4) is 0 Å². The van der Waals surface area contributed by atoms with Crippen LogP contribution in [0.4, 0.5) is 4.79 Å². The molecule has 3 rings (SSSR count). The van der Waals surface area contributed by atoms with Crippen LogP contribution in [0.15, 0.2) is 30.4 Å². The van der Waals surface area contributed by atoms with Gasteiger partial charge in [0.2, 0.25) is 0 Å². The summed E-state index contributed by atoms with van der Waals surface area (Å²) in [4.78, 5) is 13.8. The highest BCUT2D eigenvalue weighted by Gasteiger charge is 2.24. The molecule has 22 heavy (non-hydrogen) atoms. The molecule has 116 valence electrons. The number of hydrogen-bond acceptors (Lipinski definition) is 2. The molecule has 0 N–H and O–H groups in total. The normalized spacial score (nSPS) is 17.2. The van der Waals surface area contributed by atoms with E-state index in [0.29, 0.717) is 6.54 Å². The lowest BCUT2D eigenvalue weighted by molar-refractivity contribution is 0.0270. The smallest absolute Gasteiger partial charge is 0.410 e. The van der Waals surface area contributed by atoms with E-state index in [-0.39, 0.29) is 6.09 Å². The lowest BCUT2D eigenvalue weighted by atomic mass is 9.96. The van der Waals surface area contributed by atoms with Gasteiger partial charge < -0.3 is 9.64 Å². The van der Waals surface area contributed by atoms with Gasteiger partial charge >= 0.3 is 6.09 Å². The predicted molar refractivity (Wildman–Crippen MR) is 89.6 cm³/mol. The molecule has 1 aliphatic heterocycles. The van der Waals surface area contributed by atoms with E-state index in [9.17, 15) is 4.79 Å². The molecular formula is C19H23NO2. The second-order valence-electron chi connectivity index (χ2n) is 6.93. The number of fused-ring (bicyclic) bond motifs is 1. The summed E-state index contributed by atoms with van der Waals surface area (Å²) < 4.78 is 5.43. The van der Waals surface area contributed by atoms with Crippen molar-refractivity contribution in [1.29, 1.82) is 0 Å². The molecule has 0 bridgehead atoms. The molecule has 1 heterocycles. The zero-order valence-electron chi connectivity index (χ0n) is 13.6. The van der Waals surface area contributed by atoms with Gasteiger partial charge in [0.1, 0.15) is 5.60 Å². The summed E-state index contributed by atoms with van der Waals surface area (Å²) in [5.74, 6) is 0. The molecule has 0 radical (unpaired) electrons. The second kappa shape index (κ2) is 5.64. The van der Waals surface area contributed by atoms with E-state index in [4.69, 9.17) is 4.74 Å². The highest BCUT2D eigenvalue weighted by molar-refractivity contribution is 5.74. The number of nitrogens with zero attached hydrogens (tertiary/aromatic N) is 1. The number of allylic oxidation sites excluding steroid dienone is 1. The van der Waals surface area contributed by atoms with Gasteiger partial charge in [-0.3, -0.25) is 0 Å². The van der Waals surface area contributed by atoms with E-state index in [2.05, 4.69) is 36.4 Å². The fourth-order valence-corrected chi connectivity index (χ4v) is 2.88. The molecule has 1 aromatic rings. The first-order chi connectivity index (χ1) is 10.4. The molecule has 2 aliphatic rings. The fourth-order valence-electron chi connectivity index (χ4n) is 2.88. The molecule has 3 nitrogen and oxygen atoms in total. The Morgan fingerprint density at radius 3 is 2.77 bits per heavy atom. The van der Waals surface area contributed by atoms with Gasteiger partial charge in [-0.25, -0.2) is 4.79 Å². The second-order valence-corrected chi connectivity index (χ2v) is 6.93. The maximum atomic E-state index is 12.1. The Balaban J connectivity index is 1.68. The highest BCUT2D eigenvalue weighted by atomic mass is 16.6. The van der Waals surface area contributed by atoms with Gasteiger partial charge in [-0.1, -0.05) is 36.4 Å². The van der Waals surface area contributed by atoms with Crippen molar-refractivity contribution in [3.05, 3.63) is 47.0 Å². The maximum Gasteiger partial charge on any atom is 0.410 e. The molecule has 0 saturated heterocycles. The van der Waals surface area contributed by atoms with Gasteiger partial charge in [-0.05, 0) is 55.9 Å². The van der Waals surface area contributed by atoms with E-state index in [1.807, 2.05) is 20.8 Å². The third-order valence-corrected chi connectivity index (χ3v) is 4.01. The molecule has 0 spiro atoms. The number of amides is 1. The third-order valence-electron chi connectivity index (χ3n) is 4.01. The van der Waals surface area contributed by atoms with Crippen molar-refractivity contribution in [2.45, 2.75) is 39.2 Å². The Labute approximate surface area is 132 Å². The zero-order valence-corrected chi connectivity index (χ0v) is 13.6. The van der Waals surface area contributed by atoms with Crippen molar-refractivity contribution < 1.29 is 9.53 Å². The van der Waals surface area contributed by atoms with Crippen LogP contribution < -0.4 is 0 Å². The zero-order chi connectivity index (χ0) is 15.7. The van der Waals surface area contributed by atoms with E-state index in [0.717, 1.165) is 19.4 Å². The van der Waals surface area contributed by atoms with Crippen molar-refractivity contribution in [1.82, 2.24) is 4.90 Å². The van der Waals surface area contributed by atoms with Crippen LogP contribution >= 0.6 is 0 Å². The van der Waals surface area contributed by atoms with Crippen molar-refractivity contribution >= 4 is 17.7 Å². The van der Waals surface area contributed by atoms with Crippen molar-refractivity contribution in [3.63, 3.8) is 0 Å². The van der Waals surface area contributed by atoms with E-state index in [1.165, 1.54) is 22.3 Å². The molecular weight excluding hydrogens is 274 g/mol. The van der Waals surface area contributed by atoms with Crippen LogP contribution in [0.5, 0.6) is 0 Å². The molecule has 0 unspecified atom stereocenters. The molecule has 0 fully saturated rings. The first-order valence-electron chi connectivity index (χ1n) is 7.89. The van der Waals surface area contributed by atoms with Crippen LogP contribution in [-0.4, -0.2) is 29.7 Å². The molecule has 1 aromatic carbocycles. The molecule has 0 atom stereocenters. The predicted octanol–water partition coefficient (Wildman–Crippen LogP) is 4.28. The SMILES string of the molecule is CC(C)(C)OC(=O)N1CC=C(c2ccc3c(c2)CC=C3)CC1. The summed E-state index contributed by atoms with van der Waals surface area (Å²) in [6.45, 7) is 7.04. The van der Waals surface area contributed by atoms with E-state index < -0.39 is 5.60 Å². The van der Waals surface area contributed by atoms with Crippen molar-refractivity contribution in [2.75, 3.05) is 13.1 Å². The first-order valence-corrected chi connectivity index (χ1v) is 7.89. The van der Waals surface area contributed by atoms with E-state index in [1.54, 1.807) is 4.90 Å². The standard InChI is InChI=1S/C19H23NO2/c1-19(2,3)22-18(21)20-11-9-15(10-12-20)17-8-7-14-5-4-6-16(14)13-17/h4-5,7-9,13H,6,10-12H2,1-3H3. The Morgan fingerprint density at radius 2 is 2.09 bits per heavy atom. The summed E-state index contributed by atoms with van der Waals surface area (Å²) in [5.41, 5.74) is 4.90. The number of carbonyl (C=O) groups is 1. The lowest BCUT2D eigenvalue weighted by Crippen LogP contribution is -2.39. The van der Waals surface area contributed by atoms with Crippen molar-refractivity contribution in [2.24, 2.45) is 0 Å². The maximum absolute atomic E-state index is 12.1. The third kappa shape index (κ3) is 3.24. The van der Waals surface area contributed by atoms with Gasteiger partial charge in [-0.15, -0.1) is 0 Å². The van der Waals surface area contributed by atoms with Crippen LogP contribution in [-0.2, 0) is 11.2 Å². The Kier molecular flexibility index (Phi) is 3.81. The van der Waals surface area contributed by atoms with Crippen LogP contribution in [0, 0.1) is 0 Å². The monoisotopic (exact) mass is 297 g/mol. The summed E-state index contributed by atoms with van der Waals surface area (Å²) in [7, 11) is 0. The minimum absolute atomic E-state index is 0.221. The Bertz CT molecular complexity index is 650. The molecule has 3 heteroatoms. The van der Waals surface area contributed by atoms with Crippen LogP contribution in [0.2, 0.25) is 0 Å². The number of ether oxygens (including phenoxy) is 1. The van der Waals surface area contributed by atoms with Crippen LogP contribution in [0.25, 0.3) is 11.6 Å². The molecule has 0 aromatic heterocycles.